The van der Waals surface area contributed by atoms with Crippen LogP contribution in [-0.4, -0.2) is 27.9 Å². The molecule has 0 saturated heterocycles. The maximum Gasteiger partial charge on any atom is 0.514 e. The molecular formula is C35H36N2O4. The summed E-state index contributed by atoms with van der Waals surface area (Å²) < 4.78 is 19.0. The highest BCUT2D eigenvalue weighted by atomic mass is 16.7. The summed E-state index contributed by atoms with van der Waals surface area (Å²) in [5, 5.41) is 0. The van der Waals surface area contributed by atoms with Crippen LogP contribution in [0.5, 0.6) is 11.5 Å². The number of imidazole rings is 1. The summed E-state index contributed by atoms with van der Waals surface area (Å²) in [5.74, 6) is 2.24. The minimum absolute atomic E-state index is 0.458. The Bertz CT molecular complexity index is 1610. The quantitative estimate of drug-likeness (QED) is 0.105. The van der Waals surface area contributed by atoms with E-state index in [1.165, 1.54) is 0 Å². The van der Waals surface area contributed by atoms with Crippen LogP contribution in [0.25, 0.3) is 33.5 Å². The van der Waals surface area contributed by atoms with Crippen molar-refractivity contribution >= 4 is 17.2 Å². The van der Waals surface area contributed by atoms with Gasteiger partial charge in [0.2, 0.25) is 0 Å². The van der Waals surface area contributed by atoms with Gasteiger partial charge in [0, 0.05) is 17.7 Å². The summed E-state index contributed by atoms with van der Waals surface area (Å²) >= 11 is 0. The first-order chi connectivity index (χ1) is 19.8. The molecule has 5 rings (SSSR count). The Balaban J connectivity index is 1.39. The number of rotatable bonds is 9. The van der Waals surface area contributed by atoms with Gasteiger partial charge in [0.05, 0.1) is 17.6 Å². The Morgan fingerprint density at radius 3 is 2.24 bits per heavy atom. The summed E-state index contributed by atoms with van der Waals surface area (Å²) in [4.78, 5) is 17.3. The van der Waals surface area contributed by atoms with Gasteiger partial charge < -0.3 is 18.8 Å². The van der Waals surface area contributed by atoms with E-state index in [9.17, 15) is 4.79 Å². The Hall–Kier alpha value is -4.58. The van der Waals surface area contributed by atoms with E-state index < -0.39 is 11.8 Å². The van der Waals surface area contributed by atoms with Crippen LogP contribution in [0, 0.1) is 0 Å². The van der Waals surface area contributed by atoms with Gasteiger partial charge in [-0.2, -0.15) is 0 Å². The maximum atomic E-state index is 12.3. The number of benzene rings is 4. The molecule has 6 heteroatoms. The van der Waals surface area contributed by atoms with Crippen molar-refractivity contribution in [2.75, 3.05) is 6.61 Å². The molecule has 0 aliphatic carbocycles. The standard InChI is InChI=1S/C35H36N2O4/c1-5-6-23-39-28-21-19-27(20-22-28)33-36-30-12-8-9-13-31(30)37(33)24-25-15-17-26(18-16-25)29-11-7-10-14-32(29)40-34(38)41-35(2,3)4/h7-22H,5-6,23-24H2,1-4H3. The van der Waals surface area contributed by atoms with Crippen LogP contribution in [0.1, 0.15) is 46.1 Å². The summed E-state index contributed by atoms with van der Waals surface area (Å²) in [5.41, 5.74) is 5.33. The van der Waals surface area contributed by atoms with Gasteiger partial charge in [-0.1, -0.05) is 67.9 Å². The fourth-order valence-electron chi connectivity index (χ4n) is 4.62. The van der Waals surface area contributed by atoms with Crippen molar-refractivity contribution in [2.45, 2.75) is 52.7 Å². The van der Waals surface area contributed by atoms with Crippen molar-refractivity contribution in [3.63, 3.8) is 0 Å². The SMILES string of the molecule is CCCCOc1ccc(-c2nc3ccccc3n2Cc2ccc(-c3ccccc3OC(=O)OC(C)(C)C)cc2)cc1. The molecule has 1 aromatic heterocycles. The number of para-hydroxylation sites is 3. The number of hydrogen-bond donors (Lipinski definition) is 0. The number of unbranched alkanes of at least 4 members (excludes halogenated alkanes) is 1. The normalized spacial score (nSPS) is 11.4. The summed E-state index contributed by atoms with van der Waals surface area (Å²) in [7, 11) is 0. The van der Waals surface area contributed by atoms with E-state index in [0.717, 1.165) is 64.3 Å². The average molecular weight is 549 g/mol. The van der Waals surface area contributed by atoms with E-state index in [1.54, 1.807) is 6.07 Å². The highest BCUT2D eigenvalue weighted by Crippen LogP contribution is 2.32. The lowest BCUT2D eigenvalue weighted by molar-refractivity contribution is 0.0207. The van der Waals surface area contributed by atoms with Crippen LogP contribution in [0.4, 0.5) is 4.79 Å². The van der Waals surface area contributed by atoms with Crippen LogP contribution >= 0.6 is 0 Å². The Morgan fingerprint density at radius 1 is 0.829 bits per heavy atom. The molecule has 0 aliphatic rings. The Labute approximate surface area is 241 Å². The first-order valence-corrected chi connectivity index (χ1v) is 14.1. The van der Waals surface area contributed by atoms with Gasteiger partial charge in [0.15, 0.2) is 0 Å². The third kappa shape index (κ3) is 6.95. The fourth-order valence-corrected chi connectivity index (χ4v) is 4.62. The lowest BCUT2D eigenvalue weighted by Gasteiger charge is -2.19. The Morgan fingerprint density at radius 2 is 1.51 bits per heavy atom. The van der Waals surface area contributed by atoms with Gasteiger partial charge in [-0.3, -0.25) is 0 Å². The van der Waals surface area contributed by atoms with Crippen molar-refractivity contribution in [2.24, 2.45) is 0 Å². The molecule has 0 N–H and O–H groups in total. The predicted molar refractivity (Wildman–Crippen MR) is 163 cm³/mol. The molecular weight excluding hydrogens is 512 g/mol. The van der Waals surface area contributed by atoms with Gasteiger partial charge >= 0.3 is 6.16 Å². The van der Waals surface area contributed by atoms with E-state index in [4.69, 9.17) is 19.2 Å². The molecule has 1 heterocycles. The number of carbonyl (C=O) groups excluding carboxylic acids is 1. The number of carbonyl (C=O) groups is 1. The monoisotopic (exact) mass is 548 g/mol. The van der Waals surface area contributed by atoms with Crippen LogP contribution < -0.4 is 9.47 Å². The second kappa shape index (κ2) is 12.3. The molecule has 41 heavy (non-hydrogen) atoms. The van der Waals surface area contributed by atoms with E-state index in [-0.39, 0.29) is 0 Å². The van der Waals surface area contributed by atoms with Crippen LogP contribution in [-0.2, 0) is 11.3 Å². The number of aromatic nitrogens is 2. The lowest BCUT2D eigenvalue weighted by atomic mass is 10.0. The van der Waals surface area contributed by atoms with Crippen LogP contribution in [0.3, 0.4) is 0 Å². The van der Waals surface area contributed by atoms with Crippen molar-refractivity contribution in [3.05, 3.63) is 103 Å². The molecule has 4 aromatic carbocycles. The van der Waals surface area contributed by atoms with Crippen LogP contribution in [0.15, 0.2) is 97.1 Å². The minimum Gasteiger partial charge on any atom is -0.494 e. The second-order valence-electron chi connectivity index (χ2n) is 11.0. The third-order valence-corrected chi connectivity index (χ3v) is 6.61. The minimum atomic E-state index is -0.721. The predicted octanol–water partition coefficient (Wildman–Crippen LogP) is 8.91. The highest BCUT2D eigenvalue weighted by molar-refractivity contribution is 5.81. The zero-order valence-electron chi connectivity index (χ0n) is 24.1. The molecule has 0 saturated carbocycles. The smallest absolute Gasteiger partial charge is 0.494 e. The zero-order chi connectivity index (χ0) is 28.8. The molecule has 210 valence electrons. The summed E-state index contributed by atoms with van der Waals surface area (Å²) in [6.07, 6.45) is 1.43. The fraction of sp³-hybridized carbons (Fsp3) is 0.257. The van der Waals surface area contributed by atoms with Crippen molar-refractivity contribution in [3.8, 4) is 34.0 Å². The van der Waals surface area contributed by atoms with Gasteiger partial charge in [-0.25, -0.2) is 9.78 Å². The first kappa shape index (κ1) is 28.0. The van der Waals surface area contributed by atoms with E-state index in [1.807, 2.05) is 81.4 Å². The number of nitrogens with zero attached hydrogens (tertiary/aromatic N) is 2. The van der Waals surface area contributed by atoms with Gasteiger partial charge in [-0.15, -0.1) is 0 Å². The number of hydrogen-bond acceptors (Lipinski definition) is 5. The molecule has 6 nitrogen and oxygen atoms in total. The van der Waals surface area contributed by atoms with E-state index in [2.05, 4.69) is 41.8 Å². The lowest BCUT2D eigenvalue weighted by Crippen LogP contribution is -2.26. The molecule has 0 aliphatic heterocycles. The third-order valence-electron chi connectivity index (χ3n) is 6.61. The number of fused-ring (bicyclic) bond motifs is 1. The van der Waals surface area contributed by atoms with E-state index in [0.29, 0.717) is 12.3 Å². The molecule has 0 unspecified atom stereocenters. The summed E-state index contributed by atoms with van der Waals surface area (Å²) in [6.45, 7) is 8.97. The summed E-state index contributed by atoms with van der Waals surface area (Å²) in [6, 6.07) is 32.2. The number of ether oxygens (including phenoxy) is 3. The molecule has 0 spiro atoms. The first-order valence-electron chi connectivity index (χ1n) is 14.1. The molecule has 0 radical (unpaired) electrons. The van der Waals surface area contributed by atoms with Crippen LogP contribution in [0.2, 0.25) is 0 Å². The second-order valence-corrected chi connectivity index (χ2v) is 11.0. The highest BCUT2D eigenvalue weighted by Gasteiger charge is 2.20. The van der Waals surface area contributed by atoms with Crippen molar-refractivity contribution in [1.29, 1.82) is 0 Å². The zero-order valence-corrected chi connectivity index (χ0v) is 24.1. The van der Waals surface area contributed by atoms with Gasteiger partial charge in [0.1, 0.15) is 22.9 Å². The molecule has 0 atom stereocenters. The molecule has 0 amide bonds. The maximum absolute atomic E-state index is 12.3. The topological polar surface area (TPSA) is 62.6 Å². The van der Waals surface area contributed by atoms with Crippen molar-refractivity contribution < 1.29 is 19.0 Å². The molecule has 0 fully saturated rings. The largest absolute Gasteiger partial charge is 0.514 e. The molecule has 0 bridgehead atoms. The molecule has 5 aromatic rings. The Kier molecular flexibility index (Phi) is 8.39. The van der Waals surface area contributed by atoms with Gasteiger partial charge in [0.25, 0.3) is 0 Å². The van der Waals surface area contributed by atoms with Gasteiger partial charge in [-0.05, 0) is 80.8 Å². The van der Waals surface area contributed by atoms with Crippen molar-refractivity contribution in [1.82, 2.24) is 9.55 Å². The van der Waals surface area contributed by atoms with E-state index >= 15 is 0 Å². The average Bonchev–Trinajstić information content (AvgIpc) is 3.31.